The molecule has 8 heteroatoms. The Morgan fingerprint density at radius 3 is 2.68 bits per heavy atom. The normalized spacial score (nSPS) is 18.1. The Bertz CT molecular complexity index is 645. The Balaban J connectivity index is 1.65. The number of amides is 1. The second-order valence-electron chi connectivity index (χ2n) is 8.18. The number of rotatable bonds is 9. The van der Waals surface area contributed by atoms with Crippen LogP contribution in [0.1, 0.15) is 52.4 Å². The lowest BCUT2D eigenvalue weighted by molar-refractivity contribution is 0.168. The molecule has 2 aliphatic rings. The number of aromatic nitrogens is 2. The number of hydrogen-bond acceptors (Lipinski definition) is 7. The first-order chi connectivity index (χ1) is 13.5. The van der Waals surface area contributed by atoms with E-state index in [1.807, 2.05) is 13.8 Å². The minimum absolute atomic E-state index is 0.102. The highest BCUT2D eigenvalue weighted by Crippen LogP contribution is 2.31. The lowest BCUT2D eigenvalue weighted by Crippen LogP contribution is -2.40. The molecule has 2 fully saturated rings. The van der Waals surface area contributed by atoms with Crippen LogP contribution in [-0.2, 0) is 0 Å². The lowest BCUT2D eigenvalue weighted by Gasteiger charge is -2.26. The topological polar surface area (TPSA) is 96.8 Å². The summed E-state index contributed by atoms with van der Waals surface area (Å²) in [5, 5.41) is 12.1. The average molecular weight is 393 g/mol. The van der Waals surface area contributed by atoms with Crippen molar-refractivity contribution in [1.82, 2.24) is 15.3 Å². The zero-order valence-electron chi connectivity index (χ0n) is 16.9. The molecule has 0 unspecified atom stereocenters. The van der Waals surface area contributed by atoms with Crippen LogP contribution in [0.2, 0.25) is 0 Å². The van der Waals surface area contributed by atoms with Gasteiger partial charge in [0, 0.05) is 13.1 Å². The monoisotopic (exact) mass is 392 g/mol. The van der Waals surface area contributed by atoms with Gasteiger partial charge in [-0.3, -0.25) is 0 Å². The zero-order chi connectivity index (χ0) is 19.9. The molecule has 1 aromatic heterocycles. The first-order valence-electron chi connectivity index (χ1n) is 10.4. The van der Waals surface area contributed by atoms with Gasteiger partial charge >= 0.3 is 6.09 Å². The molecule has 1 aliphatic heterocycles. The Morgan fingerprint density at radius 1 is 1.32 bits per heavy atom. The third kappa shape index (κ3) is 5.70. The maximum absolute atomic E-state index is 12.2. The van der Waals surface area contributed by atoms with E-state index in [0.717, 1.165) is 31.7 Å². The van der Waals surface area contributed by atoms with E-state index in [-0.39, 0.29) is 18.5 Å². The number of carbonyl (C=O) groups excluding carboxylic acids is 1. The lowest BCUT2D eigenvalue weighted by atomic mass is 9.86. The molecular formula is C20H32N4O4. The molecule has 28 heavy (non-hydrogen) atoms. The Morgan fingerprint density at radius 2 is 2.07 bits per heavy atom. The summed E-state index contributed by atoms with van der Waals surface area (Å²) in [6, 6.07) is -0.348. The predicted octanol–water partition coefficient (Wildman–Crippen LogP) is 2.75. The largest absolute Gasteiger partial charge is 0.475 e. The summed E-state index contributed by atoms with van der Waals surface area (Å²) in [5.41, 5.74) is 0. The number of ether oxygens (including phenoxy) is 2. The van der Waals surface area contributed by atoms with Gasteiger partial charge in [-0.25, -0.2) is 9.78 Å². The number of anilines is 1. The van der Waals surface area contributed by atoms with Crippen LogP contribution < -0.4 is 19.7 Å². The van der Waals surface area contributed by atoms with Gasteiger partial charge in [-0.1, -0.05) is 20.3 Å². The van der Waals surface area contributed by atoms with Gasteiger partial charge in [-0.05, 0) is 43.9 Å². The molecule has 2 N–H and O–H groups in total. The highest BCUT2D eigenvalue weighted by molar-refractivity contribution is 5.70. The zero-order valence-corrected chi connectivity index (χ0v) is 16.9. The van der Waals surface area contributed by atoms with Gasteiger partial charge in [0.25, 0.3) is 5.88 Å². The minimum atomic E-state index is -0.645. The molecule has 1 atom stereocenters. The van der Waals surface area contributed by atoms with Gasteiger partial charge in [0.15, 0.2) is 5.82 Å². The number of aliphatic hydroxyl groups is 1. The third-order valence-electron chi connectivity index (χ3n) is 5.28. The van der Waals surface area contributed by atoms with Crippen molar-refractivity contribution in [3.05, 3.63) is 6.20 Å². The van der Waals surface area contributed by atoms with Crippen molar-refractivity contribution in [3.63, 3.8) is 0 Å². The predicted molar refractivity (Wildman–Crippen MR) is 106 cm³/mol. The van der Waals surface area contributed by atoms with Crippen molar-refractivity contribution in [1.29, 1.82) is 0 Å². The van der Waals surface area contributed by atoms with Crippen LogP contribution in [0.4, 0.5) is 10.6 Å². The van der Waals surface area contributed by atoms with Crippen LogP contribution in [0.15, 0.2) is 6.20 Å². The summed E-state index contributed by atoms with van der Waals surface area (Å²) in [7, 11) is 0. The molecule has 2 heterocycles. The van der Waals surface area contributed by atoms with Crippen LogP contribution in [0.5, 0.6) is 11.8 Å². The van der Waals surface area contributed by atoms with Crippen molar-refractivity contribution in [2.45, 2.75) is 58.4 Å². The Labute approximate surface area is 166 Å². The van der Waals surface area contributed by atoms with Gasteiger partial charge in [-0.2, -0.15) is 4.98 Å². The van der Waals surface area contributed by atoms with Crippen LogP contribution in [0, 0.1) is 11.8 Å². The first-order valence-corrected chi connectivity index (χ1v) is 10.4. The average Bonchev–Trinajstić information content (AvgIpc) is 3.14. The van der Waals surface area contributed by atoms with Crippen molar-refractivity contribution in [2.24, 2.45) is 11.8 Å². The van der Waals surface area contributed by atoms with E-state index in [1.54, 1.807) is 0 Å². The van der Waals surface area contributed by atoms with Crippen LogP contribution in [0.3, 0.4) is 0 Å². The molecular weight excluding hydrogens is 360 g/mol. The summed E-state index contributed by atoms with van der Waals surface area (Å²) in [6.45, 7) is 6.41. The number of aliphatic hydroxyl groups excluding tert-OH is 1. The minimum Gasteiger partial charge on any atom is -0.475 e. The van der Waals surface area contributed by atoms with E-state index < -0.39 is 6.09 Å². The highest BCUT2D eigenvalue weighted by Gasteiger charge is 2.24. The maximum Gasteiger partial charge on any atom is 0.414 e. The molecule has 156 valence electrons. The molecule has 0 bridgehead atoms. The number of carbonyl (C=O) groups is 1. The Kier molecular flexibility index (Phi) is 7.30. The van der Waals surface area contributed by atoms with Crippen LogP contribution in [-0.4, -0.2) is 53.5 Å². The molecule has 1 aliphatic carbocycles. The molecule has 0 spiro atoms. The van der Waals surface area contributed by atoms with Gasteiger partial charge < -0.3 is 24.8 Å². The van der Waals surface area contributed by atoms with E-state index in [2.05, 4.69) is 20.2 Å². The molecule has 0 aromatic carbocycles. The molecule has 1 saturated heterocycles. The molecule has 3 rings (SSSR count). The van der Waals surface area contributed by atoms with Crippen LogP contribution >= 0.6 is 0 Å². The van der Waals surface area contributed by atoms with E-state index in [0.29, 0.717) is 30.7 Å². The summed E-state index contributed by atoms with van der Waals surface area (Å²) in [4.78, 5) is 23.2. The molecule has 8 nitrogen and oxygen atoms in total. The fourth-order valence-corrected chi connectivity index (χ4v) is 3.54. The highest BCUT2D eigenvalue weighted by atomic mass is 16.6. The number of hydrogen-bond donors (Lipinski definition) is 2. The molecule has 1 amide bonds. The Hall–Kier alpha value is -2.09. The SMILES string of the molecule is CC(C)C[C@@H](CO)NC(=O)Oc1cnc(N2CCCC2)c(OCC2CCC2)n1. The van der Waals surface area contributed by atoms with E-state index in [4.69, 9.17) is 9.47 Å². The first kappa shape index (κ1) is 20.6. The van der Waals surface area contributed by atoms with Gasteiger partial charge in [-0.15, -0.1) is 0 Å². The van der Waals surface area contributed by atoms with Crippen molar-refractivity contribution in [3.8, 4) is 11.8 Å². The molecule has 0 radical (unpaired) electrons. The van der Waals surface area contributed by atoms with Crippen LogP contribution in [0.25, 0.3) is 0 Å². The fraction of sp³-hybridized carbons (Fsp3) is 0.750. The third-order valence-corrected chi connectivity index (χ3v) is 5.28. The van der Waals surface area contributed by atoms with Crippen molar-refractivity contribution in [2.75, 3.05) is 31.2 Å². The van der Waals surface area contributed by atoms with Crippen molar-refractivity contribution < 1.29 is 19.4 Å². The second kappa shape index (κ2) is 9.91. The summed E-state index contributed by atoms with van der Waals surface area (Å²) >= 11 is 0. The van der Waals surface area contributed by atoms with E-state index in [9.17, 15) is 9.90 Å². The fourth-order valence-electron chi connectivity index (χ4n) is 3.54. The van der Waals surface area contributed by atoms with Crippen molar-refractivity contribution >= 4 is 11.9 Å². The quantitative estimate of drug-likeness (QED) is 0.667. The van der Waals surface area contributed by atoms with Gasteiger partial charge in [0.2, 0.25) is 5.88 Å². The number of nitrogens with one attached hydrogen (secondary N) is 1. The summed E-state index contributed by atoms with van der Waals surface area (Å²) < 4.78 is 11.3. The maximum atomic E-state index is 12.2. The summed E-state index contributed by atoms with van der Waals surface area (Å²) in [5.74, 6) is 2.17. The second-order valence-corrected chi connectivity index (χ2v) is 8.18. The van der Waals surface area contributed by atoms with Gasteiger partial charge in [0.1, 0.15) is 0 Å². The van der Waals surface area contributed by atoms with E-state index >= 15 is 0 Å². The van der Waals surface area contributed by atoms with Gasteiger partial charge in [0.05, 0.1) is 25.5 Å². The standard InChI is InChI=1S/C20H32N4O4/c1-14(2)10-16(12-25)22-20(26)28-17-11-21-18(24-8-3-4-9-24)19(23-17)27-13-15-6-5-7-15/h11,14-16,25H,3-10,12-13H2,1-2H3,(H,22,26)/t16-/m0/s1. The molecule has 1 saturated carbocycles. The van der Waals surface area contributed by atoms with E-state index in [1.165, 1.54) is 25.5 Å². The number of nitrogens with zero attached hydrogens (tertiary/aromatic N) is 3. The molecule has 1 aromatic rings. The summed E-state index contributed by atoms with van der Waals surface area (Å²) in [6.07, 6.45) is 7.36. The smallest absolute Gasteiger partial charge is 0.414 e.